The molecule has 0 unspecified atom stereocenters. The Labute approximate surface area is 153 Å². The molecule has 6 nitrogen and oxygen atoms in total. The van der Waals surface area contributed by atoms with Crippen molar-refractivity contribution in [2.45, 2.75) is 39.2 Å². The predicted octanol–water partition coefficient (Wildman–Crippen LogP) is 3.26. The number of H-pyrrole nitrogens is 1. The number of rotatable bonds is 4. The molecule has 0 spiro atoms. The normalized spacial score (nSPS) is 16.1. The molecular weight excluding hydrogens is 324 g/mol. The van der Waals surface area contributed by atoms with Crippen LogP contribution in [0.15, 0.2) is 36.7 Å². The Morgan fingerprint density at radius 1 is 1.12 bits per heavy atom. The van der Waals surface area contributed by atoms with Gasteiger partial charge in [0.05, 0.1) is 0 Å². The Kier molecular flexibility index (Phi) is 4.75. The van der Waals surface area contributed by atoms with Gasteiger partial charge in [0, 0.05) is 36.0 Å². The molecule has 6 heteroatoms. The molecule has 134 valence electrons. The molecule has 1 fully saturated rings. The summed E-state index contributed by atoms with van der Waals surface area (Å²) in [5.74, 6) is 3.12. The molecule has 1 aromatic carbocycles. The lowest BCUT2D eigenvalue weighted by molar-refractivity contribution is 0.201. The summed E-state index contributed by atoms with van der Waals surface area (Å²) in [5, 5.41) is 7.27. The van der Waals surface area contributed by atoms with Gasteiger partial charge in [0.15, 0.2) is 11.6 Å². The zero-order valence-corrected chi connectivity index (χ0v) is 15.3. The summed E-state index contributed by atoms with van der Waals surface area (Å²) in [7, 11) is 0. The topological polar surface area (TPSA) is 70.6 Å². The fourth-order valence-electron chi connectivity index (χ4n) is 3.52. The maximum absolute atomic E-state index is 4.56. The fraction of sp³-hybridized carbons (Fsp3) is 0.400. The highest BCUT2D eigenvalue weighted by molar-refractivity contribution is 5.55. The summed E-state index contributed by atoms with van der Waals surface area (Å²) in [6, 6.07) is 8.30. The molecule has 3 heterocycles. The van der Waals surface area contributed by atoms with Crippen molar-refractivity contribution in [2.24, 2.45) is 0 Å². The quantitative estimate of drug-likeness (QED) is 0.784. The van der Waals surface area contributed by atoms with Gasteiger partial charge in [0.1, 0.15) is 5.82 Å². The van der Waals surface area contributed by atoms with E-state index in [1.165, 1.54) is 5.56 Å². The molecule has 1 aliphatic rings. The van der Waals surface area contributed by atoms with Crippen molar-refractivity contribution in [1.82, 2.24) is 30.0 Å². The minimum Gasteiger partial charge on any atom is -0.299 e. The number of hydrogen-bond donors (Lipinski definition) is 1. The van der Waals surface area contributed by atoms with E-state index < -0.39 is 0 Å². The number of aryl methyl sites for hydroxylation is 2. The summed E-state index contributed by atoms with van der Waals surface area (Å²) >= 11 is 0. The Hall–Kier alpha value is -2.60. The molecule has 4 rings (SSSR count). The average Bonchev–Trinajstić information content (AvgIpc) is 3.09. The summed E-state index contributed by atoms with van der Waals surface area (Å²) in [6.45, 7) is 7.04. The summed E-state index contributed by atoms with van der Waals surface area (Å²) in [5.41, 5.74) is 3.45. The summed E-state index contributed by atoms with van der Waals surface area (Å²) in [4.78, 5) is 16.1. The van der Waals surface area contributed by atoms with Crippen molar-refractivity contribution in [2.75, 3.05) is 13.1 Å². The first-order chi connectivity index (χ1) is 12.7. The minimum absolute atomic E-state index is 0.469. The van der Waals surface area contributed by atoms with Crippen LogP contribution < -0.4 is 0 Å². The first kappa shape index (κ1) is 16.8. The van der Waals surface area contributed by atoms with Crippen LogP contribution in [-0.4, -0.2) is 43.1 Å². The van der Waals surface area contributed by atoms with Gasteiger partial charge >= 0.3 is 0 Å². The molecule has 0 atom stereocenters. The minimum atomic E-state index is 0.469. The van der Waals surface area contributed by atoms with Crippen molar-refractivity contribution in [3.05, 3.63) is 59.4 Å². The Morgan fingerprint density at radius 2 is 1.88 bits per heavy atom. The molecule has 26 heavy (non-hydrogen) atoms. The number of aromatic amines is 1. The summed E-state index contributed by atoms with van der Waals surface area (Å²) in [6.07, 6.45) is 6.10. The van der Waals surface area contributed by atoms with E-state index in [0.717, 1.165) is 61.1 Å². The summed E-state index contributed by atoms with van der Waals surface area (Å²) < 4.78 is 0. The molecule has 0 radical (unpaired) electrons. The van der Waals surface area contributed by atoms with E-state index in [0.29, 0.717) is 5.92 Å². The van der Waals surface area contributed by atoms with Gasteiger partial charge in [0.25, 0.3) is 0 Å². The van der Waals surface area contributed by atoms with Gasteiger partial charge in [-0.2, -0.15) is 5.10 Å². The van der Waals surface area contributed by atoms with Gasteiger partial charge in [-0.25, -0.2) is 15.0 Å². The fourth-order valence-corrected chi connectivity index (χ4v) is 3.52. The third-order valence-electron chi connectivity index (χ3n) is 4.96. The van der Waals surface area contributed by atoms with E-state index in [9.17, 15) is 0 Å². The number of likely N-dealkylation sites (tertiary alicyclic amines) is 1. The van der Waals surface area contributed by atoms with Gasteiger partial charge < -0.3 is 0 Å². The number of nitrogens with zero attached hydrogens (tertiary/aromatic N) is 5. The van der Waals surface area contributed by atoms with E-state index >= 15 is 0 Å². The molecule has 1 N–H and O–H groups in total. The van der Waals surface area contributed by atoms with Crippen LogP contribution in [0.3, 0.4) is 0 Å². The standard InChI is InChI=1S/C20H24N6/c1-14-4-3-5-18(10-14)19-21-11-16(12-22-19)13-26-8-6-17(7-9-26)20-23-15(2)24-25-20/h3-5,10-12,17H,6-9,13H2,1-2H3,(H,23,24,25). The maximum atomic E-state index is 4.56. The van der Waals surface area contributed by atoms with Gasteiger partial charge in [0.2, 0.25) is 0 Å². The highest BCUT2D eigenvalue weighted by Gasteiger charge is 2.23. The maximum Gasteiger partial charge on any atom is 0.159 e. The SMILES string of the molecule is Cc1cccc(-c2ncc(CN3CCC(c4n[nH]c(C)n4)CC3)cn2)c1. The second-order valence-electron chi connectivity index (χ2n) is 7.11. The molecule has 1 saturated heterocycles. The van der Waals surface area contributed by atoms with E-state index in [1.807, 2.05) is 25.4 Å². The Balaban J connectivity index is 1.35. The molecule has 3 aromatic rings. The van der Waals surface area contributed by atoms with Crippen molar-refractivity contribution in [3.8, 4) is 11.4 Å². The van der Waals surface area contributed by atoms with E-state index in [1.54, 1.807) is 0 Å². The Morgan fingerprint density at radius 3 is 2.54 bits per heavy atom. The second kappa shape index (κ2) is 7.33. The smallest absolute Gasteiger partial charge is 0.159 e. The third kappa shape index (κ3) is 3.80. The van der Waals surface area contributed by atoms with Crippen LogP contribution >= 0.6 is 0 Å². The Bertz CT molecular complexity index is 862. The molecule has 0 bridgehead atoms. The lowest BCUT2D eigenvalue weighted by Crippen LogP contribution is -2.32. The number of hydrogen-bond acceptors (Lipinski definition) is 5. The van der Waals surface area contributed by atoms with Crippen LogP contribution in [-0.2, 0) is 6.54 Å². The van der Waals surface area contributed by atoms with Gasteiger partial charge in [-0.15, -0.1) is 0 Å². The van der Waals surface area contributed by atoms with Crippen LogP contribution in [0.5, 0.6) is 0 Å². The molecule has 1 aliphatic heterocycles. The number of benzene rings is 1. The molecule has 0 saturated carbocycles. The predicted molar refractivity (Wildman–Crippen MR) is 101 cm³/mol. The van der Waals surface area contributed by atoms with E-state index in [4.69, 9.17) is 0 Å². The largest absolute Gasteiger partial charge is 0.299 e. The number of aromatic nitrogens is 5. The lowest BCUT2D eigenvalue weighted by Gasteiger charge is -2.30. The highest BCUT2D eigenvalue weighted by atomic mass is 15.2. The average molecular weight is 348 g/mol. The van der Waals surface area contributed by atoms with Crippen molar-refractivity contribution >= 4 is 0 Å². The first-order valence-corrected chi connectivity index (χ1v) is 9.16. The van der Waals surface area contributed by atoms with Crippen LogP contribution in [0.2, 0.25) is 0 Å². The lowest BCUT2D eigenvalue weighted by atomic mass is 9.96. The first-order valence-electron chi connectivity index (χ1n) is 9.16. The monoisotopic (exact) mass is 348 g/mol. The highest BCUT2D eigenvalue weighted by Crippen LogP contribution is 2.26. The van der Waals surface area contributed by atoms with Gasteiger partial charge in [-0.1, -0.05) is 23.8 Å². The zero-order chi connectivity index (χ0) is 17.9. The number of piperidine rings is 1. The molecular formula is C20H24N6. The van der Waals surface area contributed by atoms with Crippen molar-refractivity contribution in [3.63, 3.8) is 0 Å². The van der Waals surface area contributed by atoms with Gasteiger partial charge in [-0.3, -0.25) is 10.00 Å². The number of nitrogens with one attached hydrogen (secondary N) is 1. The molecule has 2 aromatic heterocycles. The zero-order valence-electron chi connectivity index (χ0n) is 15.3. The third-order valence-corrected chi connectivity index (χ3v) is 4.96. The van der Waals surface area contributed by atoms with E-state index in [2.05, 4.69) is 55.2 Å². The van der Waals surface area contributed by atoms with Crippen LogP contribution in [0, 0.1) is 13.8 Å². The van der Waals surface area contributed by atoms with Gasteiger partial charge in [-0.05, 0) is 45.8 Å². The van der Waals surface area contributed by atoms with E-state index in [-0.39, 0.29) is 0 Å². The molecule has 0 amide bonds. The van der Waals surface area contributed by atoms with Crippen LogP contribution in [0.25, 0.3) is 11.4 Å². The van der Waals surface area contributed by atoms with Crippen molar-refractivity contribution in [1.29, 1.82) is 0 Å². The van der Waals surface area contributed by atoms with Crippen LogP contribution in [0.4, 0.5) is 0 Å². The second-order valence-corrected chi connectivity index (χ2v) is 7.11. The van der Waals surface area contributed by atoms with Crippen molar-refractivity contribution < 1.29 is 0 Å². The van der Waals surface area contributed by atoms with Crippen LogP contribution in [0.1, 0.15) is 41.5 Å². The molecule has 0 aliphatic carbocycles.